The van der Waals surface area contributed by atoms with Crippen LogP contribution in [0, 0.1) is 0 Å². The summed E-state index contributed by atoms with van der Waals surface area (Å²) in [5.74, 6) is 0. The van der Waals surface area contributed by atoms with Crippen LogP contribution >= 0.6 is 22.7 Å². The Morgan fingerprint density at radius 2 is 0.968 bits per heavy atom. The van der Waals surface area contributed by atoms with Gasteiger partial charge in [0.1, 0.15) is 0 Å². The molecule has 0 saturated heterocycles. The van der Waals surface area contributed by atoms with Crippen LogP contribution in [0.2, 0.25) is 0 Å². The maximum Gasteiger partial charge on any atom is 0.0476 e. The molecule has 0 radical (unpaired) electrons. The summed E-state index contributed by atoms with van der Waals surface area (Å²) in [7, 11) is 0. The summed E-state index contributed by atoms with van der Waals surface area (Å²) in [5, 5.41) is 6.90. The Morgan fingerprint density at radius 3 is 1.55 bits per heavy atom. The third-order valence-electron chi connectivity index (χ3n) is 5.63. The van der Waals surface area contributed by atoms with E-state index in [0.29, 0.717) is 0 Å². The molecule has 0 N–H and O–H groups in total. The number of nitrogens with zero attached hydrogens (tertiary/aromatic N) is 1. The fourth-order valence-electron chi connectivity index (χ4n) is 4.05. The molecule has 2 heterocycles. The maximum absolute atomic E-state index is 2.35. The zero-order valence-corrected chi connectivity index (χ0v) is 18.4. The van der Waals surface area contributed by atoms with Crippen LogP contribution in [0.1, 0.15) is 0 Å². The molecule has 0 bridgehead atoms. The van der Waals surface area contributed by atoms with Crippen molar-refractivity contribution in [2.24, 2.45) is 0 Å². The Bertz CT molecular complexity index is 1400. The highest BCUT2D eigenvalue weighted by Crippen LogP contribution is 2.39. The van der Waals surface area contributed by atoms with Gasteiger partial charge in [0.2, 0.25) is 0 Å². The van der Waals surface area contributed by atoms with Gasteiger partial charge in [-0.25, -0.2) is 0 Å². The van der Waals surface area contributed by atoms with Gasteiger partial charge < -0.3 is 4.90 Å². The maximum atomic E-state index is 2.35. The molecule has 0 fully saturated rings. The molecular weight excluding hydrogens is 414 g/mol. The first-order chi connectivity index (χ1) is 15.3. The summed E-state index contributed by atoms with van der Waals surface area (Å²) in [4.78, 5) is 2.35. The van der Waals surface area contributed by atoms with E-state index in [1.807, 2.05) is 0 Å². The van der Waals surface area contributed by atoms with Crippen molar-refractivity contribution in [1.29, 1.82) is 0 Å². The molecule has 0 spiro atoms. The van der Waals surface area contributed by atoms with E-state index < -0.39 is 0 Å². The standard InChI is InChI=1S/C28H19NS2/c1-2-4-20(5-3-1)21-6-10-24(11-7-21)29(25-12-8-22-14-16-30-27(22)18-25)26-13-9-23-15-17-31-28(23)19-26/h1-19H. The SMILES string of the molecule is c1ccc(-c2ccc(N(c3ccc4ccsc4c3)c3ccc4ccsc4c3)cc2)cc1. The largest absolute Gasteiger partial charge is 0.310 e. The first-order valence-electron chi connectivity index (χ1n) is 10.3. The number of benzene rings is 4. The van der Waals surface area contributed by atoms with Gasteiger partial charge in [0, 0.05) is 26.5 Å². The summed E-state index contributed by atoms with van der Waals surface area (Å²) in [6.45, 7) is 0. The lowest BCUT2D eigenvalue weighted by atomic mass is 10.0. The Morgan fingerprint density at radius 1 is 0.452 bits per heavy atom. The molecule has 0 saturated carbocycles. The van der Waals surface area contributed by atoms with E-state index >= 15 is 0 Å². The average molecular weight is 434 g/mol. The van der Waals surface area contributed by atoms with Crippen LogP contribution in [0.5, 0.6) is 0 Å². The van der Waals surface area contributed by atoms with Crippen LogP contribution in [0.4, 0.5) is 17.1 Å². The fraction of sp³-hybridized carbons (Fsp3) is 0. The summed E-state index contributed by atoms with van der Waals surface area (Å²) >= 11 is 3.58. The molecule has 0 aliphatic heterocycles. The molecule has 2 aromatic heterocycles. The van der Waals surface area contributed by atoms with E-state index in [2.05, 4.69) is 119 Å². The van der Waals surface area contributed by atoms with Crippen LogP contribution < -0.4 is 4.90 Å². The number of thiophene rings is 2. The van der Waals surface area contributed by atoms with Crippen molar-refractivity contribution >= 4 is 59.9 Å². The van der Waals surface area contributed by atoms with Crippen molar-refractivity contribution in [3.63, 3.8) is 0 Å². The van der Waals surface area contributed by atoms with E-state index in [1.54, 1.807) is 22.7 Å². The third kappa shape index (κ3) is 3.42. The molecule has 3 heteroatoms. The van der Waals surface area contributed by atoms with Gasteiger partial charge in [0.05, 0.1) is 0 Å². The molecule has 0 aliphatic rings. The Balaban J connectivity index is 1.49. The number of hydrogen-bond acceptors (Lipinski definition) is 3. The fourth-order valence-corrected chi connectivity index (χ4v) is 5.69. The lowest BCUT2D eigenvalue weighted by Crippen LogP contribution is -2.09. The van der Waals surface area contributed by atoms with Crippen molar-refractivity contribution in [3.05, 3.63) is 114 Å². The summed E-state index contributed by atoms with van der Waals surface area (Å²) in [6.07, 6.45) is 0. The van der Waals surface area contributed by atoms with Crippen LogP contribution in [-0.2, 0) is 0 Å². The molecule has 148 valence electrons. The van der Waals surface area contributed by atoms with Crippen LogP contribution in [0.3, 0.4) is 0 Å². The van der Waals surface area contributed by atoms with Crippen LogP contribution in [0.15, 0.2) is 114 Å². The van der Waals surface area contributed by atoms with Crippen LogP contribution in [0.25, 0.3) is 31.3 Å². The first kappa shape index (κ1) is 18.4. The molecule has 0 unspecified atom stereocenters. The van der Waals surface area contributed by atoms with Crippen molar-refractivity contribution in [2.75, 3.05) is 4.90 Å². The van der Waals surface area contributed by atoms with Gasteiger partial charge in [-0.15, -0.1) is 22.7 Å². The first-order valence-corrected chi connectivity index (χ1v) is 12.0. The van der Waals surface area contributed by atoms with E-state index in [-0.39, 0.29) is 0 Å². The molecule has 6 rings (SSSR count). The predicted octanol–water partition coefficient (Wildman–Crippen LogP) is 9.25. The third-order valence-corrected chi connectivity index (χ3v) is 7.39. The van der Waals surface area contributed by atoms with E-state index in [0.717, 1.165) is 5.69 Å². The highest BCUT2D eigenvalue weighted by Gasteiger charge is 2.14. The van der Waals surface area contributed by atoms with Gasteiger partial charge in [-0.1, -0.05) is 54.6 Å². The minimum absolute atomic E-state index is 1.16. The van der Waals surface area contributed by atoms with Crippen molar-refractivity contribution in [2.45, 2.75) is 0 Å². The molecule has 0 atom stereocenters. The monoisotopic (exact) mass is 433 g/mol. The van der Waals surface area contributed by atoms with Gasteiger partial charge >= 0.3 is 0 Å². The smallest absolute Gasteiger partial charge is 0.0476 e. The Hall–Kier alpha value is -3.40. The van der Waals surface area contributed by atoms with Gasteiger partial charge in [0.25, 0.3) is 0 Å². The number of rotatable bonds is 4. The number of anilines is 3. The Labute approximate surface area is 189 Å². The lowest BCUT2D eigenvalue weighted by Gasteiger charge is -2.26. The second-order valence-corrected chi connectivity index (χ2v) is 9.43. The zero-order chi connectivity index (χ0) is 20.6. The average Bonchev–Trinajstić information content (AvgIpc) is 3.49. The topological polar surface area (TPSA) is 3.24 Å². The predicted molar refractivity (Wildman–Crippen MR) is 137 cm³/mol. The van der Waals surface area contributed by atoms with Gasteiger partial charge in [-0.3, -0.25) is 0 Å². The second kappa shape index (κ2) is 7.69. The van der Waals surface area contributed by atoms with Gasteiger partial charge in [0.15, 0.2) is 0 Å². The van der Waals surface area contributed by atoms with Crippen molar-refractivity contribution in [3.8, 4) is 11.1 Å². The molecule has 1 nitrogen and oxygen atoms in total. The number of fused-ring (bicyclic) bond motifs is 2. The second-order valence-electron chi connectivity index (χ2n) is 7.53. The number of hydrogen-bond donors (Lipinski definition) is 0. The molecule has 0 amide bonds. The van der Waals surface area contributed by atoms with E-state index in [4.69, 9.17) is 0 Å². The highest BCUT2D eigenvalue weighted by atomic mass is 32.1. The molecule has 6 aromatic rings. The summed E-state index contributed by atoms with van der Waals surface area (Å²) < 4.78 is 2.61. The van der Waals surface area contributed by atoms with Crippen molar-refractivity contribution < 1.29 is 0 Å². The molecular formula is C28H19NS2. The lowest BCUT2D eigenvalue weighted by molar-refractivity contribution is 1.30. The highest BCUT2D eigenvalue weighted by molar-refractivity contribution is 7.17. The zero-order valence-electron chi connectivity index (χ0n) is 16.7. The van der Waals surface area contributed by atoms with Gasteiger partial charge in [-0.2, -0.15) is 0 Å². The quantitative estimate of drug-likeness (QED) is 0.268. The minimum atomic E-state index is 1.16. The van der Waals surface area contributed by atoms with E-state index in [1.165, 1.54) is 42.7 Å². The Kier molecular flexibility index (Phi) is 4.56. The van der Waals surface area contributed by atoms with Crippen molar-refractivity contribution in [1.82, 2.24) is 0 Å². The summed E-state index contributed by atoms with van der Waals surface area (Å²) in [5.41, 5.74) is 5.98. The van der Waals surface area contributed by atoms with Crippen LogP contribution in [-0.4, -0.2) is 0 Å². The molecule has 31 heavy (non-hydrogen) atoms. The normalized spacial score (nSPS) is 11.2. The molecule has 4 aromatic carbocycles. The minimum Gasteiger partial charge on any atom is -0.310 e. The summed E-state index contributed by atoms with van der Waals surface area (Å²) in [6, 6.07) is 37.2. The van der Waals surface area contributed by atoms with Gasteiger partial charge in [-0.05, 0) is 81.2 Å². The molecule has 0 aliphatic carbocycles. The van der Waals surface area contributed by atoms with E-state index in [9.17, 15) is 0 Å².